The number of nitrogens with zero attached hydrogens (tertiary/aromatic N) is 3. The number of fused-ring (bicyclic) bond motifs is 1. The molecule has 2 N–H and O–H groups in total. The van der Waals surface area contributed by atoms with Gasteiger partial charge in [-0.3, -0.25) is 4.79 Å². The zero-order valence-corrected chi connectivity index (χ0v) is 22.3. The van der Waals surface area contributed by atoms with Gasteiger partial charge >= 0.3 is 0 Å². The number of pyridine rings is 1. The first-order valence-electron chi connectivity index (χ1n) is 12.0. The summed E-state index contributed by atoms with van der Waals surface area (Å²) in [6, 6.07) is 24.2. The highest BCUT2D eigenvalue weighted by Gasteiger charge is 2.18. The first-order valence-corrected chi connectivity index (χ1v) is 13.5. The number of nitrogens with one attached hydrogen (secondary N) is 2. The maximum absolute atomic E-state index is 13.4. The van der Waals surface area contributed by atoms with Gasteiger partial charge in [-0.15, -0.1) is 0 Å². The minimum Gasteiger partial charge on any atom is -0.497 e. The van der Waals surface area contributed by atoms with Crippen LogP contribution in [0.5, 0.6) is 5.75 Å². The number of ether oxygens (including phenoxy) is 1. The minimum atomic E-state index is -3.92. The maximum Gasteiger partial charge on any atom is 0.264 e. The summed E-state index contributed by atoms with van der Waals surface area (Å²) in [6.45, 7) is 3.52. The van der Waals surface area contributed by atoms with Gasteiger partial charge in [-0.25, -0.2) is 28.1 Å². The molecule has 3 aromatic carbocycles. The van der Waals surface area contributed by atoms with E-state index in [-0.39, 0.29) is 16.8 Å². The van der Waals surface area contributed by atoms with Crippen molar-refractivity contribution < 1.29 is 17.9 Å². The van der Waals surface area contributed by atoms with Gasteiger partial charge in [0.1, 0.15) is 5.75 Å². The van der Waals surface area contributed by atoms with E-state index in [1.165, 1.54) is 24.3 Å². The molecule has 0 aliphatic rings. The lowest BCUT2D eigenvalue weighted by Crippen LogP contribution is -2.16. The molecule has 196 valence electrons. The molecule has 0 spiro atoms. The normalized spacial score (nSPS) is 11.3. The van der Waals surface area contributed by atoms with Crippen molar-refractivity contribution in [2.75, 3.05) is 17.1 Å². The molecular formula is C29H25N5O4S. The van der Waals surface area contributed by atoms with Crippen molar-refractivity contribution in [3.8, 4) is 17.0 Å². The van der Waals surface area contributed by atoms with Gasteiger partial charge in [-0.1, -0.05) is 18.2 Å². The van der Waals surface area contributed by atoms with Crippen molar-refractivity contribution in [3.63, 3.8) is 0 Å². The van der Waals surface area contributed by atoms with Gasteiger partial charge in [0, 0.05) is 28.0 Å². The molecule has 39 heavy (non-hydrogen) atoms. The molecule has 0 bridgehead atoms. The lowest BCUT2D eigenvalue weighted by atomic mass is 10.0. The monoisotopic (exact) mass is 539 g/mol. The van der Waals surface area contributed by atoms with Crippen LogP contribution in [0.4, 0.5) is 11.6 Å². The Morgan fingerprint density at radius 2 is 1.49 bits per heavy atom. The van der Waals surface area contributed by atoms with E-state index in [0.717, 1.165) is 11.3 Å². The highest BCUT2D eigenvalue weighted by atomic mass is 32.2. The van der Waals surface area contributed by atoms with Crippen LogP contribution < -0.4 is 14.8 Å². The number of benzene rings is 3. The van der Waals surface area contributed by atoms with Crippen LogP contribution >= 0.6 is 0 Å². The van der Waals surface area contributed by atoms with E-state index in [9.17, 15) is 13.2 Å². The smallest absolute Gasteiger partial charge is 0.264 e. The predicted molar refractivity (Wildman–Crippen MR) is 150 cm³/mol. The summed E-state index contributed by atoms with van der Waals surface area (Å²) in [5, 5.41) is 3.56. The lowest BCUT2D eigenvalue weighted by Gasteiger charge is -2.12. The number of methoxy groups -OCH3 is 1. The second-order valence-electron chi connectivity index (χ2n) is 8.86. The van der Waals surface area contributed by atoms with Crippen LogP contribution in [0.25, 0.3) is 22.2 Å². The van der Waals surface area contributed by atoms with Crippen molar-refractivity contribution in [1.29, 1.82) is 0 Å². The molecule has 2 aromatic heterocycles. The van der Waals surface area contributed by atoms with Crippen molar-refractivity contribution in [2.24, 2.45) is 0 Å². The number of aromatic nitrogens is 3. The van der Waals surface area contributed by atoms with Gasteiger partial charge in [0.05, 0.1) is 28.8 Å². The zero-order valence-electron chi connectivity index (χ0n) is 21.5. The number of hydrogen-bond donors (Lipinski definition) is 2. The van der Waals surface area contributed by atoms with Crippen LogP contribution in [-0.2, 0) is 10.0 Å². The Morgan fingerprint density at radius 1 is 0.821 bits per heavy atom. The third kappa shape index (κ3) is 5.70. The number of carbonyl (C=O) groups is 1. The zero-order chi connectivity index (χ0) is 27.6. The van der Waals surface area contributed by atoms with Gasteiger partial charge in [0.2, 0.25) is 5.95 Å². The Labute approximate surface area is 226 Å². The fourth-order valence-electron chi connectivity index (χ4n) is 4.14. The number of para-hydroxylation sites is 1. The molecule has 0 unspecified atom stereocenters. The maximum atomic E-state index is 13.4. The molecule has 2 heterocycles. The molecule has 0 aliphatic heterocycles. The van der Waals surface area contributed by atoms with Gasteiger partial charge < -0.3 is 10.1 Å². The fourth-order valence-corrected chi connectivity index (χ4v) is 5.08. The summed E-state index contributed by atoms with van der Waals surface area (Å²) in [6.07, 6.45) is 0. The molecule has 0 saturated carbocycles. The van der Waals surface area contributed by atoms with Crippen LogP contribution in [0.3, 0.4) is 0 Å². The Kier molecular flexibility index (Phi) is 6.95. The Hall–Kier alpha value is -4.83. The Morgan fingerprint density at radius 3 is 2.15 bits per heavy atom. The Balaban J connectivity index is 1.40. The average Bonchev–Trinajstić information content (AvgIpc) is 2.92. The highest BCUT2D eigenvalue weighted by Crippen LogP contribution is 2.27. The van der Waals surface area contributed by atoms with Crippen LogP contribution in [0.2, 0.25) is 0 Å². The molecule has 0 saturated heterocycles. The fraction of sp³-hybridized carbons (Fsp3) is 0.103. The lowest BCUT2D eigenvalue weighted by molar-refractivity contribution is 0.102. The summed E-state index contributed by atoms with van der Waals surface area (Å²) in [5.41, 5.74) is 4.34. The summed E-state index contributed by atoms with van der Waals surface area (Å²) in [5.74, 6) is 0.377. The van der Waals surface area contributed by atoms with Crippen molar-refractivity contribution in [3.05, 3.63) is 102 Å². The second-order valence-corrected chi connectivity index (χ2v) is 10.5. The first-order chi connectivity index (χ1) is 18.7. The van der Waals surface area contributed by atoms with Crippen molar-refractivity contribution in [2.45, 2.75) is 18.7 Å². The number of rotatable bonds is 7. The van der Waals surface area contributed by atoms with Crippen molar-refractivity contribution in [1.82, 2.24) is 15.0 Å². The quantitative estimate of drug-likeness (QED) is 0.285. The molecule has 5 aromatic rings. The molecular weight excluding hydrogens is 514 g/mol. The van der Waals surface area contributed by atoms with E-state index in [1.807, 2.05) is 48.5 Å². The highest BCUT2D eigenvalue weighted by molar-refractivity contribution is 7.92. The summed E-state index contributed by atoms with van der Waals surface area (Å²) >= 11 is 0. The van der Waals surface area contributed by atoms with Crippen LogP contribution in [-0.4, -0.2) is 36.4 Å². The standard InChI is InChI=1S/C29H25N5O4S/c1-18-16-19(2)31-29(30-18)34-39(36,37)23-14-10-21(11-15-23)32-28(35)25-17-27(20-8-12-22(38-3)13-9-20)33-26-7-5-4-6-24(25)26/h4-17H,1-3H3,(H,32,35)(H,30,31,34). The number of anilines is 2. The van der Waals surface area contributed by atoms with Gasteiger partial charge in [0.25, 0.3) is 15.9 Å². The second kappa shape index (κ2) is 10.5. The summed E-state index contributed by atoms with van der Waals surface area (Å²) in [7, 11) is -2.32. The van der Waals surface area contributed by atoms with E-state index in [1.54, 1.807) is 33.1 Å². The summed E-state index contributed by atoms with van der Waals surface area (Å²) < 4.78 is 33.3. The van der Waals surface area contributed by atoms with Crippen LogP contribution in [0.1, 0.15) is 21.7 Å². The van der Waals surface area contributed by atoms with Gasteiger partial charge in [-0.05, 0) is 80.6 Å². The molecule has 5 rings (SSSR count). The van der Waals surface area contributed by atoms with E-state index in [0.29, 0.717) is 39.2 Å². The van der Waals surface area contributed by atoms with Crippen LogP contribution in [0.15, 0.2) is 89.8 Å². The Bertz CT molecular complexity index is 1770. The molecule has 0 atom stereocenters. The average molecular weight is 540 g/mol. The third-order valence-corrected chi connectivity index (χ3v) is 7.32. The van der Waals surface area contributed by atoms with Crippen LogP contribution in [0, 0.1) is 13.8 Å². The van der Waals surface area contributed by atoms with Crippen molar-refractivity contribution >= 4 is 38.5 Å². The topological polar surface area (TPSA) is 123 Å². The van der Waals surface area contributed by atoms with Gasteiger partial charge in [-0.2, -0.15) is 0 Å². The first kappa shape index (κ1) is 25.8. The largest absolute Gasteiger partial charge is 0.497 e. The predicted octanol–water partition coefficient (Wildman–Crippen LogP) is 5.37. The number of aryl methyl sites for hydroxylation is 2. The molecule has 0 radical (unpaired) electrons. The van der Waals surface area contributed by atoms with Gasteiger partial charge in [0.15, 0.2) is 0 Å². The number of hydrogen-bond acceptors (Lipinski definition) is 7. The number of amides is 1. The van der Waals surface area contributed by atoms with E-state index < -0.39 is 10.0 Å². The van der Waals surface area contributed by atoms with E-state index in [2.05, 4.69) is 20.0 Å². The molecule has 9 nitrogen and oxygen atoms in total. The summed E-state index contributed by atoms with van der Waals surface area (Å²) in [4.78, 5) is 26.4. The van der Waals surface area contributed by atoms with E-state index >= 15 is 0 Å². The SMILES string of the molecule is COc1ccc(-c2cc(C(=O)Nc3ccc(S(=O)(=O)Nc4nc(C)cc(C)n4)cc3)c3ccccc3n2)cc1. The third-order valence-electron chi connectivity index (χ3n) is 5.98. The molecule has 0 aliphatic carbocycles. The minimum absolute atomic E-state index is 0.00195. The molecule has 10 heteroatoms. The molecule has 1 amide bonds. The number of sulfonamides is 1. The van der Waals surface area contributed by atoms with E-state index in [4.69, 9.17) is 9.72 Å². The molecule has 0 fully saturated rings. The number of carbonyl (C=O) groups excluding carboxylic acids is 1.